The first kappa shape index (κ1) is 11.5. The number of allylic oxidation sites excluding steroid dienone is 2. The molecule has 0 aliphatic carbocycles. The fourth-order valence-corrected chi connectivity index (χ4v) is 1.62. The molecule has 15 heavy (non-hydrogen) atoms. The lowest BCUT2D eigenvalue weighted by molar-refractivity contribution is -0.104. The van der Waals surface area contributed by atoms with Gasteiger partial charge in [-0.3, -0.25) is 4.79 Å². The molecule has 0 fully saturated rings. The van der Waals surface area contributed by atoms with E-state index in [1.54, 1.807) is 6.08 Å². The second-order valence-corrected chi connectivity index (χ2v) is 3.73. The Hall–Kier alpha value is -1.57. The van der Waals surface area contributed by atoms with Gasteiger partial charge in [0, 0.05) is 5.56 Å². The minimum absolute atomic E-state index is 0.350. The van der Waals surface area contributed by atoms with Crippen LogP contribution in [0.2, 0.25) is 0 Å². The molecule has 1 N–H and O–H groups in total. The number of phenolic OH excluding ortho intramolecular Hbond substituents is 1. The summed E-state index contributed by atoms with van der Waals surface area (Å²) in [6.45, 7) is 5.85. The molecular weight excluding hydrogens is 188 g/mol. The fraction of sp³-hybridized carbons (Fsp3) is 0.308. The topological polar surface area (TPSA) is 37.3 Å². The van der Waals surface area contributed by atoms with Crippen molar-refractivity contribution in [1.29, 1.82) is 0 Å². The number of carbonyl (C=O) groups excluding carboxylic acids is 1. The van der Waals surface area contributed by atoms with Crippen LogP contribution in [0, 0.1) is 20.8 Å². The summed E-state index contributed by atoms with van der Waals surface area (Å²) in [5.74, 6) is 0.350. The molecule has 0 saturated heterocycles. The van der Waals surface area contributed by atoms with E-state index in [4.69, 9.17) is 0 Å². The fourth-order valence-electron chi connectivity index (χ4n) is 1.62. The molecule has 1 aromatic rings. The van der Waals surface area contributed by atoms with Crippen LogP contribution in [0.4, 0.5) is 0 Å². The summed E-state index contributed by atoms with van der Waals surface area (Å²) in [4.78, 5) is 10.1. The van der Waals surface area contributed by atoms with Crippen LogP contribution >= 0.6 is 0 Å². The smallest absolute Gasteiger partial charge is 0.142 e. The minimum atomic E-state index is 0.350. The molecular formula is C13H16O2. The molecule has 1 aromatic carbocycles. The van der Waals surface area contributed by atoms with Gasteiger partial charge >= 0.3 is 0 Å². The van der Waals surface area contributed by atoms with E-state index in [2.05, 4.69) is 6.07 Å². The van der Waals surface area contributed by atoms with Crippen molar-refractivity contribution < 1.29 is 9.90 Å². The lowest BCUT2D eigenvalue weighted by Crippen LogP contribution is -1.93. The Morgan fingerprint density at radius 2 is 1.93 bits per heavy atom. The number of aryl methyl sites for hydroxylation is 2. The summed E-state index contributed by atoms with van der Waals surface area (Å²) in [6.07, 6.45) is 4.54. The highest BCUT2D eigenvalue weighted by molar-refractivity contribution is 5.64. The first-order chi connectivity index (χ1) is 7.07. The maximum Gasteiger partial charge on any atom is 0.142 e. The van der Waals surface area contributed by atoms with E-state index >= 15 is 0 Å². The number of phenols is 1. The van der Waals surface area contributed by atoms with E-state index in [0.29, 0.717) is 12.2 Å². The normalized spacial score (nSPS) is 10.9. The highest BCUT2D eigenvalue weighted by Crippen LogP contribution is 2.28. The second kappa shape index (κ2) is 4.78. The first-order valence-electron chi connectivity index (χ1n) is 4.97. The summed E-state index contributed by atoms with van der Waals surface area (Å²) < 4.78 is 0. The Labute approximate surface area is 90.3 Å². The Bertz CT molecular complexity index is 403. The molecule has 2 nitrogen and oxygen atoms in total. The number of hydrogen-bond donors (Lipinski definition) is 1. The van der Waals surface area contributed by atoms with Crippen molar-refractivity contribution in [3.05, 3.63) is 40.5 Å². The SMILES string of the molecule is Cc1cc(C)c(C/C=C/C=O)c(O)c1C. The van der Waals surface area contributed by atoms with E-state index in [-0.39, 0.29) is 0 Å². The van der Waals surface area contributed by atoms with Gasteiger partial charge in [-0.25, -0.2) is 0 Å². The van der Waals surface area contributed by atoms with Crippen molar-refractivity contribution in [1.82, 2.24) is 0 Å². The molecule has 0 aliphatic rings. The lowest BCUT2D eigenvalue weighted by Gasteiger charge is -2.11. The van der Waals surface area contributed by atoms with Crippen LogP contribution < -0.4 is 0 Å². The Morgan fingerprint density at radius 1 is 1.27 bits per heavy atom. The number of hydrogen-bond acceptors (Lipinski definition) is 2. The molecule has 2 heteroatoms. The second-order valence-electron chi connectivity index (χ2n) is 3.73. The van der Waals surface area contributed by atoms with Crippen LogP contribution in [-0.2, 0) is 11.2 Å². The standard InChI is InChI=1S/C13H16O2/c1-9-8-10(2)12(6-4-5-7-14)13(15)11(9)3/h4-5,7-8,15H,6H2,1-3H3/b5-4+. The number of aromatic hydroxyl groups is 1. The van der Waals surface area contributed by atoms with Crippen molar-refractivity contribution in [2.75, 3.05) is 0 Å². The molecule has 0 radical (unpaired) electrons. The van der Waals surface area contributed by atoms with Crippen molar-refractivity contribution in [2.24, 2.45) is 0 Å². The zero-order chi connectivity index (χ0) is 11.4. The van der Waals surface area contributed by atoms with E-state index < -0.39 is 0 Å². The lowest BCUT2D eigenvalue weighted by atomic mass is 9.97. The molecule has 80 valence electrons. The summed E-state index contributed by atoms with van der Waals surface area (Å²) in [5.41, 5.74) is 3.96. The monoisotopic (exact) mass is 204 g/mol. The predicted octanol–water partition coefficient (Wildman–Crippen LogP) is 2.62. The van der Waals surface area contributed by atoms with Gasteiger partial charge in [-0.15, -0.1) is 0 Å². The van der Waals surface area contributed by atoms with E-state index in [9.17, 15) is 9.90 Å². The van der Waals surface area contributed by atoms with Gasteiger partial charge in [0.25, 0.3) is 0 Å². The molecule has 1 rings (SSSR count). The molecule has 0 aromatic heterocycles. The number of rotatable bonds is 3. The zero-order valence-corrected chi connectivity index (χ0v) is 9.37. The van der Waals surface area contributed by atoms with Crippen LogP contribution in [0.1, 0.15) is 22.3 Å². The highest BCUT2D eigenvalue weighted by atomic mass is 16.3. The third-order valence-corrected chi connectivity index (χ3v) is 2.68. The van der Waals surface area contributed by atoms with Crippen molar-refractivity contribution in [3.63, 3.8) is 0 Å². The van der Waals surface area contributed by atoms with Crippen molar-refractivity contribution >= 4 is 6.29 Å². The van der Waals surface area contributed by atoms with Gasteiger partial charge in [-0.05, 0) is 50.0 Å². The van der Waals surface area contributed by atoms with Gasteiger partial charge in [-0.2, -0.15) is 0 Å². The number of aldehydes is 1. The molecule has 0 aliphatic heterocycles. The van der Waals surface area contributed by atoms with Crippen LogP contribution in [0.25, 0.3) is 0 Å². The first-order valence-corrected chi connectivity index (χ1v) is 4.97. The van der Waals surface area contributed by atoms with Crippen molar-refractivity contribution in [2.45, 2.75) is 27.2 Å². The molecule has 0 spiro atoms. The quantitative estimate of drug-likeness (QED) is 0.607. The highest BCUT2D eigenvalue weighted by Gasteiger charge is 2.08. The Balaban J connectivity index is 3.12. The average Bonchev–Trinajstić information content (AvgIpc) is 2.20. The molecule has 0 heterocycles. The molecule has 0 bridgehead atoms. The van der Waals surface area contributed by atoms with Gasteiger partial charge in [0.05, 0.1) is 0 Å². The zero-order valence-electron chi connectivity index (χ0n) is 9.37. The number of benzene rings is 1. The predicted molar refractivity (Wildman–Crippen MR) is 61.2 cm³/mol. The molecule has 0 atom stereocenters. The summed E-state index contributed by atoms with van der Waals surface area (Å²) in [5, 5.41) is 9.94. The maximum atomic E-state index is 10.1. The van der Waals surface area contributed by atoms with Crippen LogP contribution in [0.3, 0.4) is 0 Å². The maximum absolute atomic E-state index is 10.1. The third kappa shape index (κ3) is 2.46. The van der Waals surface area contributed by atoms with Gasteiger partial charge in [0.1, 0.15) is 12.0 Å². The summed E-state index contributed by atoms with van der Waals surface area (Å²) in [6, 6.07) is 2.05. The number of carbonyl (C=O) groups is 1. The van der Waals surface area contributed by atoms with E-state index in [1.807, 2.05) is 20.8 Å². The van der Waals surface area contributed by atoms with Crippen molar-refractivity contribution in [3.8, 4) is 5.75 Å². The van der Waals surface area contributed by atoms with Gasteiger partial charge < -0.3 is 5.11 Å². The Kier molecular flexibility index (Phi) is 3.67. The summed E-state index contributed by atoms with van der Waals surface area (Å²) in [7, 11) is 0. The third-order valence-electron chi connectivity index (χ3n) is 2.68. The van der Waals surface area contributed by atoms with E-state index in [0.717, 1.165) is 28.5 Å². The van der Waals surface area contributed by atoms with Gasteiger partial charge in [0.2, 0.25) is 0 Å². The van der Waals surface area contributed by atoms with Gasteiger partial charge in [0.15, 0.2) is 0 Å². The largest absolute Gasteiger partial charge is 0.507 e. The minimum Gasteiger partial charge on any atom is -0.507 e. The molecule has 0 saturated carbocycles. The van der Waals surface area contributed by atoms with Crippen LogP contribution in [0.5, 0.6) is 5.75 Å². The van der Waals surface area contributed by atoms with Crippen LogP contribution in [0.15, 0.2) is 18.2 Å². The summed E-state index contributed by atoms with van der Waals surface area (Å²) >= 11 is 0. The average molecular weight is 204 g/mol. The molecule has 0 amide bonds. The van der Waals surface area contributed by atoms with Crippen LogP contribution in [-0.4, -0.2) is 11.4 Å². The Morgan fingerprint density at radius 3 is 2.53 bits per heavy atom. The molecule has 0 unspecified atom stereocenters. The van der Waals surface area contributed by atoms with Gasteiger partial charge in [-0.1, -0.05) is 12.1 Å². The van der Waals surface area contributed by atoms with E-state index in [1.165, 1.54) is 6.08 Å².